The van der Waals surface area contributed by atoms with Gasteiger partial charge in [-0.3, -0.25) is 4.79 Å². The van der Waals surface area contributed by atoms with Crippen LogP contribution in [0.3, 0.4) is 0 Å². The highest BCUT2D eigenvalue weighted by Gasteiger charge is 2.17. The third-order valence-corrected chi connectivity index (χ3v) is 5.43. The molecule has 0 spiro atoms. The van der Waals surface area contributed by atoms with E-state index in [1.807, 2.05) is 38.1 Å². The standard InChI is InChI=1S/C20H23NO5S/c1-3-14(4-2)21-19(22)12-26-20(23)18-8-7-17(27-18)13-5-6-15-16(11-13)25-10-9-24-15/h5-8,11,14H,3-4,9-10,12H2,1-2H3,(H,21,22). The van der Waals surface area contributed by atoms with Crippen LogP contribution in [0.4, 0.5) is 0 Å². The van der Waals surface area contributed by atoms with E-state index in [2.05, 4.69) is 5.32 Å². The molecule has 6 nitrogen and oxygen atoms in total. The Hall–Kier alpha value is -2.54. The van der Waals surface area contributed by atoms with Crippen LogP contribution >= 0.6 is 11.3 Å². The Morgan fingerprint density at radius 3 is 2.59 bits per heavy atom. The highest BCUT2D eigenvalue weighted by Crippen LogP contribution is 2.37. The molecule has 2 heterocycles. The molecule has 0 fully saturated rings. The fourth-order valence-electron chi connectivity index (χ4n) is 2.76. The van der Waals surface area contributed by atoms with E-state index in [0.29, 0.717) is 23.8 Å². The molecule has 0 bridgehead atoms. The number of amides is 1. The van der Waals surface area contributed by atoms with Gasteiger partial charge in [0.05, 0.1) is 0 Å². The van der Waals surface area contributed by atoms with E-state index in [-0.39, 0.29) is 18.6 Å². The van der Waals surface area contributed by atoms with E-state index in [1.54, 1.807) is 6.07 Å². The van der Waals surface area contributed by atoms with Gasteiger partial charge in [0.15, 0.2) is 18.1 Å². The number of nitrogens with one attached hydrogen (secondary N) is 1. The summed E-state index contributed by atoms with van der Waals surface area (Å²) in [4.78, 5) is 25.4. The molecule has 0 saturated heterocycles. The second-order valence-corrected chi connectivity index (χ2v) is 7.26. The molecule has 3 rings (SSSR count). The highest BCUT2D eigenvalue weighted by atomic mass is 32.1. The minimum Gasteiger partial charge on any atom is -0.486 e. The van der Waals surface area contributed by atoms with Gasteiger partial charge in [0.1, 0.15) is 18.1 Å². The van der Waals surface area contributed by atoms with Crippen LogP contribution in [0.1, 0.15) is 36.4 Å². The number of rotatable bonds is 7. The molecule has 1 aromatic carbocycles. The van der Waals surface area contributed by atoms with Crippen LogP contribution < -0.4 is 14.8 Å². The topological polar surface area (TPSA) is 73.9 Å². The summed E-state index contributed by atoms with van der Waals surface area (Å²) in [7, 11) is 0. The van der Waals surface area contributed by atoms with E-state index < -0.39 is 5.97 Å². The lowest BCUT2D eigenvalue weighted by atomic mass is 10.1. The van der Waals surface area contributed by atoms with Gasteiger partial charge in [-0.1, -0.05) is 13.8 Å². The molecule has 7 heteroatoms. The second-order valence-electron chi connectivity index (χ2n) is 6.18. The van der Waals surface area contributed by atoms with Gasteiger partial charge >= 0.3 is 5.97 Å². The van der Waals surface area contributed by atoms with Crippen LogP contribution in [0.25, 0.3) is 10.4 Å². The number of fused-ring (bicyclic) bond motifs is 1. The van der Waals surface area contributed by atoms with Crippen LogP contribution in [-0.4, -0.2) is 37.7 Å². The number of benzene rings is 1. The maximum atomic E-state index is 12.2. The predicted octanol–water partition coefficient (Wildman–Crippen LogP) is 3.65. The molecule has 1 aliphatic rings. The third-order valence-electron chi connectivity index (χ3n) is 4.32. The number of carbonyl (C=O) groups excluding carboxylic acids is 2. The van der Waals surface area contributed by atoms with Crippen LogP contribution in [0.15, 0.2) is 30.3 Å². The summed E-state index contributed by atoms with van der Waals surface area (Å²) in [5, 5.41) is 2.84. The molecular weight excluding hydrogens is 366 g/mol. The van der Waals surface area contributed by atoms with Crippen molar-refractivity contribution in [3.63, 3.8) is 0 Å². The fraction of sp³-hybridized carbons (Fsp3) is 0.400. The van der Waals surface area contributed by atoms with Crippen molar-refractivity contribution in [2.24, 2.45) is 0 Å². The van der Waals surface area contributed by atoms with Crippen LogP contribution in [-0.2, 0) is 9.53 Å². The van der Waals surface area contributed by atoms with E-state index in [4.69, 9.17) is 14.2 Å². The monoisotopic (exact) mass is 389 g/mol. The Kier molecular flexibility index (Phi) is 6.34. The summed E-state index contributed by atoms with van der Waals surface area (Å²) < 4.78 is 16.3. The first kappa shape index (κ1) is 19.2. The second kappa shape index (κ2) is 8.90. The van der Waals surface area contributed by atoms with Gasteiger partial charge in [-0.25, -0.2) is 4.79 Å². The first-order valence-corrected chi connectivity index (χ1v) is 9.88. The number of ether oxygens (including phenoxy) is 3. The lowest BCUT2D eigenvalue weighted by Crippen LogP contribution is -2.36. The number of thiophene rings is 1. The van der Waals surface area contributed by atoms with Crippen molar-refractivity contribution in [3.8, 4) is 21.9 Å². The molecule has 1 amide bonds. The van der Waals surface area contributed by atoms with Gasteiger partial charge in [-0.2, -0.15) is 0 Å². The zero-order valence-corrected chi connectivity index (χ0v) is 16.3. The molecule has 0 radical (unpaired) electrons. The zero-order valence-electron chi connectivity index (χ0n) is 15.4. The summed E-state index contributed by atoms with van der Waals surface area (Å²) in [6.45, 7) is 4.81. The maximum absolute atomic E-state index is 12.2. The number of hydrogen-bond donors (Lipinski definition) is 1. The van der Waals surface area contributed by atoms with Crippen molar-refractivity contribution in [1.82, 2.24) is 5.32 Å². The van der Waals surface area contributed by atoms with Gasteiger partial charge in [0.25, 0.3) is 5.91 Å². The average Bonchev–Trinajstić information content (AvgIpc) is 3.20. The predicted molar refractivity (Wildman–Crippen MR) is 104 cm³/mol. The van der Waals surface area contributed by atoms with E-state index in [1.165, 1.54) is 11.3 Å². The number of hydrogen-bond acceptors (Lipinski definition) is 6. The van der Waals surface area contributed by atoms with E-state index >= 15 is 0 Å². The van der Waals surface area contributed by atoms with Crippen LogP contribution in [0.2, 0.25) is 0 Å². The van der Waals surface area contributed by atoms with Gasteiger partial charge < -0.3 is 19.5 Å². The van der Waals surface area contributed by atoms with Gasteiger partial charge in [0, 0.05) is 10.9 Å². The zero-order chi connectivity index (χ0) is 19.2. The van der Waals surface area contributed by atoms with E-state index in [0.717, 1.165) is 29.0 Å². The maximum Gasteiger partial charge on any atom is 0.348 e. The van der Waals surface area contributed by atoms with Gasteiger partial charge in [-0.15, -0.1) is 11.3 Å². The number of esters is 1. The Morgan fingerprint density at radius 2 is 1.85 bits per heavy atom. The van der Waals surface area contributed by atoms with Gasteiger partial charge in [-0.05, 0) is 48.7 Å². The molecule has 0 atom stereocenters. The summed E-state index contributed by atoms with van der Waals surface area (Å²) in [6, 6.07) is 9.37. The minimum atomic E-state index is -0.497. The Labute approximate surface area is 162 Å². The van der Waals surface area contributed by atoms with Crippen molar-refractivity contribution in [1.29, 1.82) is 0 Å². The average molecular weight is 389 g/mol. The van der Waals surface area contributed by atoms with Crippen molar-refractivity contribution in [2.75, 3.05) is 19.8 Å². The third kappa shape index (κ3) is 4.80. The molecule has 1 aliphatic heterocycles. The quantitative estimate of drug-likeness (QED) is 0.732. The smallest absolute Gasteiger partial charge is 0.348 e. The lowest BCUT2D eigenvalue weighted by molar-refractivity contribution is -0.125. The molecule has 0 saturated carbocycles. The molecule has 0 unspecified atom stereocenters. The van der Waals surface area contributed by atoms with Crippen LogP contribution in [0.5, 0.6) is 11.5 Å². The lowest BCUT2D eigenvalue weighted by Gasteiger charge is -2.18. The molecule has 144 valence electrons. The van der Waals surface area contributed by atoms with Crippen molar-refractivity contribution in [2.45, 2.75) is 32.7 Å². The van der Waals surface area contributed by atoms with Crippen molar-refractivity contribution >= 4 is 23.2 Å². The van der Waals surface area contributed by atoms with E-state index in [9.17, 15) is 9.59 Å². The van der Waals surface area contributed by atoms with Gasteiger partial charge in [0.2, 0.25) is 0 Å². The Morgan fingerprint density at radius 1 is 1.11 bits per heavy atom. The largest absolute Gasteiger partial charge is 0.486 e. The minimum absolute atomic E-state index is 0.111. The molecule has 2 aromatic rings. The summed E-state index contributed by atoms with van der Waals surface area (Å²) in [5.74, 6) is 0.656. The highest BCUT2D eigenvalue weighted by molar-refractivity contribution is 7.17. The summed E-state index contributed by atoms with van der Waals surface area (Å²) in [6.07, 6.45) is 1.69. The Bertz CT molecular complexity index is 812. The van der Waals surface area contributed by atoms with Crippen molar-refractivity contribution < 1.29 is 23.8 Å². The fourth-order valence-corrected chi connectivity index (χ4v) is 3.66. The molecule has 1 aromatic heterocycles. The number of carbonyl (C=O) groups is 2. The SMILES string of the molecule is CCC(CC)NC(=O)COC(=O)c1ccc(-c2ccc3c(c2)OCCO3)s1. The Balaban J connectivity index is 1.60. The summed E-state index contributed by atoms with van der Waals surface area (Å²) in [5.41, 5.74) is 0.940. The molecular formula is C20H23NO5S. The molecule has 27 heavy (non-hydrogen) atoms. The van der Waals surface area contributed by atoms with Crippen LogP contribution in [0, 0.1) is 0 Å². The molecule has 0 aliphatic carbocycles. The first-order chi connectivity index (χ1) is 13.1. The van der Waals surface area contributed by atoms with Crippen molar-refractivity contribution in [3.05, 3.63) is 35.2 Å². The first-order valence-electron chi connectivity index (χ1n) is 9.07. The summed E-state index contributed by atoms with van der Waals surface area (Å²) >= 11 is 1.32. The normalized spacial score (nSPS) is 12.7. The molecule has 1 N–H and O–H groups in total.